The van der Waals surface area contributed by atoms with Gasteiger partial charge in [0.05, 0.1) is 17.9 Å². The van der Waals surface area contributed by atoms with E-state index >= 15 is 0 Å². The molecule has 300 valence electrons. The summed E-state index contributed by atoms with van der Waals surface area (Å²) in [7, 11) is -4.37. The highest BCUT2D eigenvalue weighted by Gasteiger charge is 2.24. The highest BCUT2D eigenvalue weighted by atomic mass is 32.2. The Labute approximate surface area is 321 Å². The third-order valence-electron chi connectivity index (χ3n) is 9.14. The van der Waals surface area contributed by atoms with E-state index in [2.05, 4.69) is 73.8 Å². The topological polar surface area (TPSA) is 104 Å². The Bertz CT molecular complexity index is 1090. The van der Waals surface area contributed by atoms with E-state index in [1.807, 2.05) is 12.2 Å². The first-order valence-corrected chi connectivity index (χ1v) is 22.7. The van der Waals surface area contributed by atoms with Crippen molar-refractivity contribution < 1.29 is 22.9 Å². The molecule has 0 aliphatic heterocycles. The summed E-state index contributed by atoms with van der Waals surface area (Å²) in [6, 6.07) is -1.09. The van der Waals surface area contributed by atoms with Gasteiger partial charge < -0.3 is 10.4 Å². The number of hydrogen-bond acceptors (Lipinski definition) is 4. The van der Waals surface area contributed by atoms with Gasteiger partial charge in [-0.1, -0.05) is 196 Å². The van der Waals surface area contributed by atoms with Gasteiger partial charge in [-0.15, -0.1) is 0 Å². The largest absolute Gasteiger partial charge is 0.387 e. The number of rotatable bonds is 37. The molecule has 0 rings (SSSR count). The fourth-order valence-corrected chi connectivity index (χ4v) is 6.75. The Morgan fingerprint density at radius 2 is 0.923 bits per heavy atom. The number of carbonyl (C=O) groups excluding carboxylic acids is 1. The molecule has 0 aliphatic carbocycles. The van der Waals surface area contributed by atoms with Crippen molar-refractivity contribution >= 4 is 16.0 Å². The van der Waals surface area contributed by atoms with E-state index in [1.165, 1.54) is 103 Å². The lowest BCUT2D eigenvalue weighted by molar-refractivity contribution is -0.122. The van der Waals surface area contributed by atoms with Crippen molar-refractivity contribution in [1.29, 1.82) is 0 Å². The first kappa shape index (κ1) is 49.8. The van der Waals surface area contributed by atoms with E-state index in [1.54, 1.807) is 6.08 Å². The second-order valence-electron chi connectivity index (χ2n) is 14.2. The lowest BCUT2D eigenvalue weighted by Gasteiger charge is -2.21. The summed E-state index contributed by atoms with van der Waals surface area (Å²) in [5.74, 6) is -1.06. The molecule has 3 N–H and O–H groups in total. The molecule has 0 saturated carbocycles. The molecule has 0 spiro atoms. The normalized spacial score (nSPS) is 14.0. The summed E-state index contributed by atoms with van der Waals surface area (Å²) in [6.07, 6.45) is 54.7. The molecule has 0 aromatic rings. The average molecular weight is 746 g/mol. The Morgan fingerprint density at radius 3 is 1.35 bits per heavy atom. The molecule has 0 bridgehead atoms. The Kier molecular flexibility index (Phi) is 36.9. The zero-order chi connectivity index (χ0) is 38.2. The quantitative estimate of drug-likeness (QED) is 0.0334. The van der Waals surface area contributed by atoms with Crippen LogP contribution in [0.4, 0.5) is 0 Å². The molecule has 52 heavy (non-hydrogen) atoms. The zero-order valence-corrected chi connectivity index (χ0v) is 34.2. The SMILES string of the molecule is CC/C=C\C/C=C\C/C=C\C/C=C\C/C=C\CCCC(=O)NC(CS(=O)(=O)O)C(O)/C=C/CCCCCCCCCCCCCCCCCCCC. The predicted molar refractivity (Wildman–Crippen MR) is 225 cm³/mol. The summed E-state index contributed by atoms with van der Waals surface area (Å²) >= 11 is 0. The predicted octanol–water partition coefficient (Wildman–Crippen LogP) is 12.6. The fraction of sp³-hybridized carbons (Fsp3) is 0.711. The second-order valence-corrected chi connectivity index (χ2v) is 15.7. The molecule has 6 nitrogen and oxygen atoms in total. The number of carbonyl (C=O) groups is 1. The van der Waals surface area contributed by atoms with E-state index < -0.39 is 28.0 Å². The molecule has 2 atom stereocenters. The van der Waals surface area contributed by atoms with E-state index in [-0.39, 0.29) is 12.3 Å². The zero-order valence-electron chi connectivity index (χ0n) is 33.4. The molecular formula is C45H79NO5S. The Balaban J connectivity index is 4.01. The molecule has 0 saturated heterocycles. The summed E-state index contributed by atoms with van der Waals surface area (Å²) in [4.78, 5) is 12.5. The summed E-state index contributed by atoms with van der Waals surface area (Å²) in [5.41, 5.74) is 0. The van der Waals surface area contributed by atoms with Crippen LogP contribution in [0.3, 0.4) is 0 Å². The van der Waals surface area contributed by atoms with Crippen LogP contribution in [0.5, 0.6) is 0 Å². The number of hydrogen-bond donors (Lipinski definition) is 3. The van der Waals surface area contributed by atoms with Gasteiger partial charge in [0.1, 0.15) is 0 Å². The lowest BCUT2D eigenvalue weighted by Crippen LogP contribution is -2.46. The van der Waals surface area contributed by atoms with E-state index in [0.717, 1.165) is 57.8 Å². The van der Waals surface area contributed by atoms with E-state index in [4.69, 9.17) is 0 Å². The summed E-state index contributed by atoms with van der Waals surface area (Å²) < 4.78 is 32.5. The van der Waals surface area contributed by atoms with Gasteiger partial charge in [0.15, 0.2) is 0 Å². The van der Waals surface area contributed by atoms with Gasteiger partial charge in [0.2, 0.25) is 5.91 Å². The summed E-state index contributed by atoms with van der Waals surface area (Å²) in [5, 5.41) is 13.2. The molecule has 0 fully saturated rings. The Hall–Kier alpha value is -2.22. The maximum Gasteiger partial charge on any atom is 0.267 e. The molecule has 2 unspecified atom stereocenters. The number of nitrogens with one attached hydrogen (secondary N) is 1. The van der Waals surface area contributed by atoms with Crippen LogP contribution in [0.1, 0.15) is 187 Å². The first-order chi connectivity index (χ1) is 25.3. The van der Waals surface area contributed by atoms with Crippen LogP contribution in [-0.4, -0.2) is 41.9 Å². The van der Waals surface area contributed by atoms with Crippen LogP contribution in [0, 0.1) is 0 Å². The van der Waals surface area contributed by atoms with Gasteiger partial charge in [0, 0.05) is 6.42 Å². The van der Waals surface area contributed by atoms with Gasteiger partial charge in [-0.05, 0) is 57.8 Å². The van der Waals surface area contributed by atoms with Crippen LogP contribution in [0.25, 0.3) is 0 Å². The van der Waals surface area contributed by atoms with Gasteiger partial charge in [0.25, 0.3) is 10.1 Å². The average Bonchev–Trinajstić information content (AvgIpc) is 3.11. The van der Waals surface area contributed by atoms with Crippen LogP contribution >= 0.6 is 0 Å². The molecule has 0 aromatic carbocycles. The third kappa shape index (κ3) is 39.0. The lowest BCUT2D eigenvalue weighted by atomic mass is 10.0. The van der Waals surface area contributed by atoms with Crippen LogP contribution in [0.15, 0.2) is 72.9 Å². The van der Waals surface area contributed by atoms with Crippen molar-refractivity contribution in [2.45, 2.75) is 199 Å². The number of amides is 1. The van der Waals surface area contributed by atoms with Crippen molar-refractivity contribution in [2.24, 2.45) is 0 Å². The standard InChI is InChI=1S/C45H79NO5S/c1-3-5-7-9-11-13-15-17-19-21-22-23-25-26-28-30-32-34-36-38-40-44(47)43(42-52(49,50)51)46-45(48)41-39-37-35-33-31-29-27-24-20-18-16-14-12-10-8-6-4-2/h6,8,12,14,18,20,27,29,33,35,38,40,43-44,47H,3-5,7,9-11,13,15-17,19,21-26,28,30-32,34,36-37,39,41-42H2,1-2H3,(H,46,48)(H,49,50,51)/b8-6-,14-12-,20-18-,29-27-,35-33-,40-38+. The number of unbranched alkanes of at least 4 members (excludes halogenated alkanes) is 19. The monoisotopic (exact) mass is 746 g/mol. The molecule has 0 heterocycles. The molecule has 0 aliphatic rings. The number of allylic oxidation sites excluding steroid dienone is 11. The van der Waals surface area contributed by atoms with Gasteiger partial charge in [-0.2, -0.15) is 8.42 Å². The van der Waals surface area contributed by atoms with E-state index in [9.17, 15) is 22.9 Å². The van der Waals surface area contributed by atoms with E-state index in [0.29, 0.717) is 6.42 Å². The smallest absolute Gasteiger partial charge is 0.267 e. The number of aliphatic hydroxyl groups excluding tert-OH is 1. The van der Waals surface area contributed by atoms with Crippen LogP contribution < -0.4 is 5.32 Å². The van der Waals surface area contributed by atoms with Crippen molar-refractivity contribution in [2.75, 3.05) is 5.75 Å². The fourth-order valence-electron chi connectivity index (χ4n) is 6.01. The van der Waals surface area contributed by atoms with Gasteiger partial charge >= 0.3 is 0 Å². The minimum Gasteiger partial charge on any atom is -0.387 e. The molecule has 0 aromatic heterocycles. The number of aliphatic hydroxyl groups is 1. The van der Waals surface area contributed by atoms with Crippen molar-refractivity contribution in [3.8, 4) is 0 Å². The maximum atomic E-state index is 12.5. The van der Waals surface area contributed by atoms with Crippen molar-refractivity contribution in [1.82, 2.24) is 5.32 Å². The first-order valence-electron chi connectivity index (χ1n) is 21.1. The minimum absolute atomic E-state index is 0.214. The second kappa shape index (κ2) is 38.5. The van der Waals surface area contributed by atoms with Crippen LogP contribution in [-0.2, 0) is 14.9 Å². The molecular weight excluding hydrogens is 667 g/mol. The molecule has 7 heteroatoms. The van der Waals surface area contributed by atoms with Crippen LogP contribution in [0.2, 0.25) is 0 Å². The van der Waals surface area contributed by atoms with Crippen molar-refractivity contribution in [3.05, 3.63) is 72.9 Å². The maximum absolute atomic E-state index is 12.5. The minimum atomic E-state index is -4.37. The van der Waals surface area contributed by atoms with Crippen molar-refractivity contribution in [3.63, 3.8) is 0 Å². The Morgan fingerprint density at radius 1 is 0.538 bits per heavy atom. The molecule has 1 amide bonds. The highest BCUT2D eigenvalue weighted by Crippen LogP contribution is 2.15. The summed E-state index contributed by atoms with van der Waals surface area (Å²) in [6.45, 7) is 4.41. The highest BCUT2D eigenvalue weighted by molar-refractivity contribution is 7.85. The molecule has 0 radical (unpaired) electrons. The van der Waals surface area contributed by atoms with Gasteiger partial charge in [-0.25, -0.2) is 0 Å². The third-order valence-corrected chi connectivity index (χ3v) is 9.92. The van der Waals surface area contributed by atoms with Gasteiger partial charge in [-0.3, -0.25) is 9.35 Å².